The van der Waals surface area contributed by atoms with Crippen molar-refractivity contribution >= 4 is 11.3 Å². The van der Waals surface area contributed by atoms with Crippen molar-refractivity contribution in [1.82, 2.24) is 4.98 Å². The van der Waals surface area contributed by atoms with Crippen molar-refractivity contribution in [1.29, 1.82) is 0 Å². The first kappa shape index (κ1) is 7.69. The number of aromatic nitrogens is 1. The molecule has 0 aliphatic rings. The summed E-state index contributed by atoms with van der Waals surface area (Å²) in [6.45, 7) is 2.27. The van der Waals surface area contributed by atoms with E-state index in [1.807, 2.05) is 5.38 Å². The van der Waals surface area contributed by atoms with Crippen LogP contribution in [0.1, 0.15) is 24.3 Å². The minimum atomic E-state index is 0.212. The van der Waals surface area contributed by atoms with Crippen LogP contribution in [-0.2, 0) is 0 Å². The molecule has 0 amide bonds. The molecule has 0 aromatic carbocycles. The predicted octanol–water partition coefficient (Wildman–Crippen LogP) is 1.63. The van der Waals surface area contributed by atoms with E-state index < -0.39 is 0 Å². The molecule has 1 N–H and O–H groups in total. The van der Waals surface area contributed by atoms with Crippen LogP contribution in [0.25, 0.3) is 0 Å². The van der Waals surface area contributed by atoms with E-state index in [-0.39, 0.29) is 12.5 Å². The number of hydrogen-bond donors (Lipinski definition) is 1. The van der Waals surface area contributed by atoms with Crippen LogP contribution in [0.15, 0.2) is 11.6 Å². The van der Waals surface area contributed by atoms with Crippen molar-refractivity contribution in [2.75, 3.05) is 6.61 Å². The van der Waals surface area contributed by atoms with Crippen molar-refractivity contribution in [2.45, 2.75) is 19.3 Å². The molecule has 1 atom stereocenters. The average Bonchev–Trinajstić information content (AvgIpc) is 2.43. The van der Waals surface area contributed by atoms with Crippen molar-refractivity contribution in [3.05, 3.63) is 16.6 Å². The Morgan fingerprint density at radius 2 is 2.60 bits per heavy atom. The standard InChI is InChI=1S/C7H11NOS/c1-2-6(5-9)7-8-3-4-10-7/h3-4,6,9H,2,5H2,1H3. The van der Waals surface area contributed by atoms with E-state index in [4.69, 9.17) is 5.11 Å². The first-order chi connectivity index (χ1) is 4.88. The molecule has 56 valence electrons. The highest BCUT2D eigenvalue weighted by atomic mass is 32.1. The molecule has 1 unspecified atom stereocenters. The zero-order valence-electron chi connectivity index (χ0n) is 5.95. The van der Waals surface area contributed by atoms with Gasteiger partial charge in [-0.2, -0.15) is 0 Å². The zero-order chi connectivity index (χ0) is 7.40. The lowest BCUT2D eigenvalue weighted by atomic mass is 10.1. The summed E-state index contributed by atoms with van der Waals surface area (Å²) in [6, 6.07) is 0. The van der Waals surface area contributed by atoms with Gasteiger partial charge in [0.1, 0.15) is 0 Å². The minimum absolute atomic E-state index is 0.212. The van der Waals surface area contributed by atoms with Crippen LogP contribution in [-0.4, -0.2) is 16.7 Å². The minimum Gasteiger partial charge on any atom is -0.396 e. The smallest absolute Gasteiger partial charge is 0.0978 e. The monoisotopic (exact) mass is 157 g/mol. The van der Waals surface area contributed by atoms with Crippen molar-refractivity contribution in [3.63, 3.8) is 0 Å². The fourth-order valence-corrected chi connectivity index (χ4v) is 1.63. The third kappa shape index (κ3) is 1.55. The molecule has 10 heavy (non-hydrogen) atoms. The second-order valence-corrected chi connectivity index (χ2v) is 3.08. The van der Waals surface area contributed by atoms with Gasteiger partial charge in [-0.1, -0.05) is 6.92 Å². The van der Waals surface area contributed by atoms with Gasteiger partial charge in [0, 0.05) is 17.5 Å². The van der Waals surface area contributed by atoms with Crippen molar-refractivity contribution < 1.29 is 5.11 Å². The summed E-state index contributed by atoms with van der Waals surface area (Å²) in [4.78, 5) is 4.12. The molecule has 0 fully saturated rings. The van der Waals surface area contributed by atoms with Crippen molar-refractivity contribution in [2.24, 2.45) is 0 Å². The molecule has 1 aromatic rings. The van der Waals surface area contributed by atoms with Gasteiger partial charge in [0.25, 0.3) is 0 Å². The molecule has 0 bridgehead atoms. The SMILES string of the molecule is CCC(CO)c1nccs1. The second kappa shape index (κ2) is 3.68. The normalized spacial score (nSPS) is 13.4. The largest absolute Gasteiger partial charge is 0.396 e. The second-order valence-electron chi connectivity index (χ2n) is 2.16. The van der Waals surface area contributed by atoms with Crippen LogP contribution in [0, 0.1) is 0 Å². The first-order valence-corrected chi connectivity index (χ1v) is 4.26. The Balaban J connectivity index is 2.64. The number of rotatable bonds is 3. The molecule has 1 heterocycles. The summed E-state index contributed by atoms with van der Waals surface area (Å²) in [7, 11) is 0. The van der Waals surface area contributed by atoms with Gasteiger partial charge < -0.3 is 5.11 Å². The maximum atomic E-state index is 8.86. The van der Waals surface area contributed by atoms with Gasteiger partial charge in [-0.05, 0) is 6.42 Å². The van der Waals surface area contributed by atoms with Gasteiger partial charge in [-0.25, -0.2) is 4.98 Å². The quantitative estimate of drug-likeness (QED) is 0.723. The van der Waals surface area contributed by atoms with E-state index in [1.54, 1.807) is 17.5 Å². The third-order valence-corrected chi connectivity index (χ3v) is 2.45. The van der Waals surface area contributed by atoms with Gasteiger partial charge in [0.05, 0.1) is 11.6 Å². The third-order valence-electron chi connectivity index (χ3n) is 1.51. The molecule has 0 radical (unpaired) electrons. The number of thiazole rings is 1. The summed E-state index contributed by atoms with van der Waals surface area (Å²) in [5, 5.41) is 11.8. The van der Waals surface area contributed by atoms with Gasteiger partial charge in [0.15, 0.2) is 0 Å². The Morgan fingerprint density at radius 1 is 1.80 bits per heavy atom. The maximum absolute atomic E-state index is 8.86. The molecule has 2 nitrogen and oxygen atoms in total. The first-order valence-electron chi connectivity index (χ1n) is 3.38. The summed E-state index contributed by atoms with van der Waals surface area (Å²) < 4.78 is 0. The fourth-order valence-electron chi connectivity index (χ4n) is 0.818. The molecule has 0 aliphatic heterocycles. The average molecular weight is 157 g/mol. The van der Waals surface area contributed by atoms with Gasteiger partial charge >= 0.3 is 0 Å². The Morgan fingerprint density at radius 3 is 3.00 bits per heavy atom. The highest BCUT2D eigenvalue weighted by Crippen LogP contribution is 2.20. The summed E-state index contributed by atoms with van der Waals surface area (Å²) in [6.07, 6.45) is 2.74. The predicted molar refractivity (Wildman–Crippen MR) is 42.2 cm³/mol. The molecule has 0 aliphatic carbocycles. The Hall–Kier alpha value is -0.410. The Kier molecular flexibility index (Phi) is 2.83. The molecule has 3 heteroatoms. The van der Waals surface area contributed by atoms with Crippen LogP contribution in [0.2, 0.25) is 0 Å². The Bertz CT molecular complexity index is 170. The highest BCUT2D eigenvalue weighted by Gasteiger charge is 2.08. The lowest BCUT2D eigenvalue weighted by molar-refractivity contribution is 0.262. The number of aliphatic hydroxyl groups excluding tert-OH is 1. The summed E-state index contributed by atoms with van der Waals surface area (Å²) in [5.41, 5.74) is 0. The van der Waals surface area contributed by atoms with E-state index in [1.165, 1.54) is 0 Å². The molecule has 1 aromatic heterocycles. The van der Waals surface area contributed by atoms with E-state index in [9.17, 15) is 0 Å². The summed E-state index contributed by atoms with van der Waals surface area (Å²) >= 11 is 1.61. The summed E-state index contributed by atoms with van der Waals surface area (Å²) in [5.74, 6) is 0.250. The molecule has 0 spiro atoms. The van der Waals surface area contributed by atoms with Crippen LogP contribution in [0.3, 0.4) is 0 Å². The number of aliphatic hydroxyl groups is 1. The van der Waals surface area contributed by atoms with Gasteiger partial charge in [-0.15, -0.1) is 11.3 Å². The van der Waals surface area contributed by atoms with E-state index in [0.717, 1.165) is 11.4 Å². The highest BCUT2D eigenvalue weighted by molar-refractivity contribution is 7.09. The van der Waals surface area contributed by atoms with Crippen LogP contribution < -0.4 is 0 Å². The van der Waals surface area contributed by atoms with Crippen molar-refractivity contribution in [3.8, 4) is 0 Å². The lowest BCUT2D eigenvalue weighted by Gasteiger charge is -2.05. The number of nitrogens with zero attached hydrogens (tertiary/aromatic N) is 1. The van der Waals surface area contributed by atoms with E-state index in [0.29, 0.717) is 0 Å². The number of hydrogen-bond acceptors (Lipinski definition) is 3. The topological polar surface area (TPSA) is 33.1 Å². The molecule has 0 saturated heterocycles. The van der Waals surface area contributed by atoms with Crippen LogP contribution in [0.4, 0.5) is 0 Å². The van der Waals surface area contributed by atoms with Crippen LogP contribution >= 0.6 is 11.3 Å². The van der Waals surface area contributed by atoms with Crippen LogP contribution in [0.5, 0.6) is 0 Å². The van der Waals surface area contributed by atoms with E-state index in [2.05, 4.69) is 11.9 Å². The Labute approximate surface area is 64.5 Å². The van der Waals surface area contributed by atoms with Gasteiger partial charge in [0.2, 0.25) is 0 Å². The maximum Gasteiger partial charge on any atom is 0.0978 e. The molecule has 0 saturated carbocycles. The molecular weight excluding hydrogens is 146 g/mol. The van der Waals surface area contributed by atoms with E-state index >= 15 is 0 Å². The lowest BCUT2D eigenvalue weighted by Crippen LogP contribution is -2.01. The van der Waals surface area contributed by atoms with Gasteiger partial charge in [-0.3, -0.25) is 0 Å². The zero-order valence-corrected chi connectivity index (χ0v) is 6.77. The fraction of sp³-hybridized carbons (Fsp3) is 0.571. The molecular formula is C7H11NOS. The molecule has 1 rings (SSSR count).